The van der Waals surface area contributed by atoms with E-state index in [0.717, 1.165) is 11.3 Å². The summed E-state index contributed by atoms with van der Waals surface area (Å²) < 4.78 is 33.0. The van der Waals surface area contributed by atoms with Crippen LogP contribution in [0.15, 0.2) is 48.5 Å². The fourth-order valence-electron chi connectivity index (χ4n) is 2.80. The van der Waals surface area contributed by atoms with Crippen LogP contribution < -0.4 is 14.8 Å². The lowest BCUT2D eigenvalue weighted by atomic mass is 10.2. The fraction of sp³-hybridized carbons (Fsp3) is 0.250. The SMILES string of the molecule is CCS(=O)(=O)Nc1ccc(NC(=O)CCn2c(-c3ccc(OC)cc3)n[nH]c2=S)cc1. The third-order valence-electron chi connectivity index (χ3n) is 4.49. The van der Waals surface area contributed by atoms with Crippen molar-refractivity contribution in [2.75, 3.05) is 22.9 Å². The third kappa shape index (κ3) is 5.92. The number of carbonyl (C=O) groups is 1. The summed E-state index contributed by atoms with van der Waals surface area (Å²) in [5, 5.41) is 9.82. The van der Waals surface area contributed by atoms with Crippen LogP contribution in [0.1, 0.15) is 13.3 Å². The smallest absolute Gasteiger partial charge is 0.232 e. The van der Waals surface area contributed by atoms with Gasteiger partial charge in [0.1, 0.15) is 5.75 Å². The summed E-state index contributed by atoms with van der Waals surface area (Å²) in [5.41, 5.74) is 1.85. The lowest BCUT2D eigenvalue weighted by molar-refractivity contribution is -0.116. The number of benzene rings is 2. The van der Waals surface area contributed by atoms with Gasteiger partial charge in [-0.15, -0.1) is 0 Å². The Hall–Kier alpha value is -3.18. The van der Waals surface area contributed by atoms with Crippen LogP contribution in [0.4, 0.5) is 11.4 Å². The molecule has 3 aromatic rings. The van der Waals surface area contributed by atoms with Crippen molar-refractivity contribution in [2.45, 2.75) is 19.9 Å². The average Bonchev–Trinajstić information content (AvgIpc) is 3.14. The van der Waals surface area contributed by atoms with Crippen LogP contribution in [0.2, 0.25) is 0 Å². The standard InChI is InChI=1S/C20H23N5O4S2/c1-3-31(27,28)24-16-8-6-15(7-9-16)21-18(26)12-13-25-19(22-23-20(25)30)14-4-10-17(29-2)11-5-14/h4-11,24H,3,12-13H2,1-2H3,(H,21,26)(H,23,30). The van der Waals surface area contributed by atoms with Crippen molar-refractivity contribution in [1.29, 1.82) is 0 Å². The highest BCUT2D eigenvalue weighted by Gasteiger charge is 2.12. The van der Waals surface area contributed by atoms with Gasteiger partial charge in [-0.3, -0.25) is 19.2 Å². The quantitative estimate of drug-likeness (QED) is 0.420. The molecule has 1 amide bonds. The Bertz CT molecular complexity index is 1200. The molecule has 1 aromatic heterocycles. The molecule has 164 valence electrons. The maximum Gasteiger partial charge on any atom is 0.232 e. The van der Waals surface area contributed by atoms with Gasteiger partial charge in [-0.05, 0) is 67.7 Å². The van der Waals surface area contributed by atoms with Gasteiger partial charge >= 0.3 is 0 Å². The first-order chi connectivity index (χ1) is 14.8. The first-order valence-electron chi connectivity index (χ1n) is 9.51. The van der Waals surface area contributed by atoms with Crippen molar-refractivity contribution in [2.24, 2.45) is 0 Å². The number of anilines is 2. The van der Waals surface area contributed by atoms with E-state index in [4.69, 9.17) is 17.0 Å². The van der Waals surface area contributed by atoms with Gasteiger partial charge in [0.15, 0.2) is 10.6 Å². The molecule has 3 rings (SSSR count). The minimum atomic E-state index is -3.34. The zero-order valence-corrected chi connectivity index (χ0v) is 18.7. The lowest BCUT2D eigenvalue weighted by Gasteiger charge is -2.10. The van der Waals surface area contributed by atoms with Crippen LogP contribution in [-0.2, 0) is 21.4 Å². The van der Waals surface area contributed by atoms with Gasteiger partial charge < -0.3 is 10.1 Å². The molecule has 0 fully saturated rings. The van der Waals surface area contributed by atoms with Gasteiger partial charge in [0, 0.05) is 29.9 Å². The highest BCUT2D eigenvalue weighted by molar-refractivity contribution is 7.92. The molecule has 9 nitrogen and oxygen atoms in total. The number of hydrogen-bond acceptors (Lipinski definition) is 6. The van der Waals surface area contributed by atoms with Crippen LogP contribution in [0.5, 0.6) is 5.75 Å². The van der Waals surface area contributed by atoms with E-state index in [1.54, 1.807) is 42.9 Å². The number of amides is 1. The molecule has 0 bridgehead atoms. The van der Waals surface area contributed by atoms with Crippen LogP contribution in [-0.4, -0.2) is 42.0 Å². The Morgan fingerprint density at radius 3 is 2.39 bits per heavy atom. The molecule has 0 spiro atoms. The number of hydrogen-bond donors (Lipinski definition) is 3. The minimum absolute atomic E-state index is 0.0134. The fourth-order valence-corrected chi connectivity index (χ4v) is 3.66. The highest BCUT2D eigenvalue weighted by atomic mass is 32.2. The zero-order chi connectivity index (χ0) is 22.4. The number of H-pyrrole nitrogens is 1. The third-order valence-corrected chi connectivity index (χ3v) is 6.11. The highest BCUT2D eigenvalue weighted by Crippen LogP contribution is 2.21. The molecule has 0 unspecified atom stereocenters. The van der Waals surface area contributed by atoms with E-state index in [-0.39, 0.29) is 18.1 Å². The Kier molecular flexibility index (Phi) is 7.08. The predicted molar refractivity (Wildman–Crippen MR) is 122 cm³/mol. The maximum atomic E-state index is 12.4. The molecule has 0 atom stereocenters. The largest absolute Gasteiger partial charge is 0.497 e. The first-order valence-corrected chi connectivity index (χ1v) is 11.6. The van der Waals surface area contributed by atoms with E-state index in [1.807, 2.05) is 24.3 Å². The van der Waals surface area contributed by atoms with Crippen LogP contribution >= 0.6 is 12.2 Å². The van der Waals surface area contributed by atoms with Crippen molar-refractivity contribution in [3.63, 3.8) is 0 Å². The number of ether oxygens (including phenoxy) is 1. The first kappa shape index (κ1) is 22.5. The van der Waals surface area contributed by atoms with Crippen molar-refractivity contribution in [3.8, 4) is 17.1 Å². The summed E-state index contributed by atoms with van der Waals surface area (Å²) in [6.45, 7) is 1.90. The van der Waals surface area contributed by atoms with Gasteiger partial charge in [-0.1, -0.05) is 0 Å². The summed E-state index contributed by atoms with van der Waals surface area (Å²) in [6.07, 6.45) is 0.182. The van der Waals surface area contributed by atoms with E-state index in [1.165, 1.54) is 0 Å². The van der Waals surface area contributed by atoms with Crippen molar-refractivity contribution in [3.05, 3.63) is 53.3 Å². The summed E-state index contributed by atoms with van der Waals surface area (Å²) in [6, 6.07) is 13.9. The molecule has 0 aliphatic carbocycles. The molecule has 11 heteroatoms. The molecule has 0 radical (unpaired) electrons. The Balaban J connectivity index is 1.62. The summed E-state index contributed by atoms with van der Waals surface area (Å²) >= 11 is 5.30. The number of aromatic amines is 1. The van der Waals surface area contributed by atoms with E-state index in [0.29, 0.717) is 28.5 Å². The topological polar surface area (TPSA) is 118 Å². The summed E-state index contributed by atoms with van der Waals surface area (Å²) in [7, 11) is -1.75. The van der Waals surface area contributed by atoms with Gasteiger partial charge in [-0.2, -0.15) is 5.10 Å². The summed E-state index contributed by atoms with van der Waals surface area (Å²) in [4.78, 5) is 12.4. The second-order valence-corrected chi connectivity index (χ2v) is 9.01. The number of rotatable bonds is 9. The lowest BCUT2D eigenvalue weighted by Crippen LogP contribution is -2.16. The second-order valence-electron chi connectivity index (χ2n) is 6.61. The van der Waals surface area contributed by atoms with E-state index >= 15 is 0 Å². The van der Waals surface area contributed by atoms with Crippen LogP contribution in [0, 0.1) is 4.77 Å². The Labute approximate surface area is 185 Å². The zero-order valence-electron chi connectivity index (χ0n) is 17.1. The number of carbonyl (C=O) groups excluding carboxylic acids is 1. The number of nitrogens with zero attached hydrogens (tertiary/aromatic N) is 2. The molecular formula is C20H23N5O4S2. The number of methoxy groups -OCH3 is 1. The monoisotopic (exact) mass is 461 g/mol. The summed E-state index contributed by atoms with van der Waals surface area (Å²) in [5.74, 6) is 1.15. The average molecular weight is 462 g/mol. The minimum Gasteiger partial charge on any atom is -0.497 e. The van der Waals surface area contributed by atoms with Gasteiger partial charge in [0.2, 0.25) is 15.9 Å². The maximum absolute atomic E-state index is 12.4. The van der Waals surface area contributed by atoms with E-state index in [2.05, 4.69) is 20.2 Å². The normalized spacial score (nSPS) is 11.2. The Morgan fingerprint density at radius 2 is 1.77 bits per heavy atom. The Morgan fingerprint density at radius 1 is 1.13 bits per heavy atom. The molecule has 31 heavy (non-hydrogen) atoms. The number of sulfonamides is 1. The van der Waals surface area contributed by atoms with E-state index < -0.39 is 10.0 Å². The molecule has 2 aromatic carbocycles. The molecule has 3 N–H and O–H groups in total. The van der Waals surface area contributed by atoms with Gasteiger partial charge in [-0.25, -0.2) is 8.42 Å². The number of nitrogens with one attached hydrogen (secondary N) is 3. The molecule has 0 saturated heterocycles. The molecule has 0 saturated carbocycles. The van der Waals surface area contributed by atoms with Crippen molar-refractivity contribution >= 4 is 39.5 Å². The van der Waals surface area contributed by atoms with Gasteiger partial charge in [0.05, 0.1) is 12.9 Å². The molecular weight excluding hydrogens is 438 g/mol. The van der Waals surface area contributed by atoms with E-state index in [9.17, 15) is 13.2 Å². The van der Waals surface area contributed by atoms with Crippen molar-refractivity contribution < 1.29 is 17.9 Å². The number of aromatic nitrogens is 3. The van der Waals surface area contributed by atoms with Gasteiger partial charge in [0.25, 0.3) is 0 Å². The molecule has 1 heterocycles. The second kappa shape index (κ2) is 9.75. The predicted octanol–water partition coefficient (Wildman–Crippen LogP) is 3.41. The molecule has 0 aliphatic rings. The molecule has 0 aliphatic heterocycles. The van der Waals surface area contributed by atoms with Crippen LogP contribution in [0.25, 0.3) is 11.4 Å². The van der Waals surface area contributed by atoms with Crippen molar-refractivity contribution in [1.82, 2.24) is 14.8 Å². The van der Waals surface area contributed by atoms with Crippen LogP contribution in [0.3, 0.4) is 0 Å².